The van der Waals surface area contributed by atoms with Crippen LogP contribution in [-0.2, 0) is 11.0 Å². The third-order valence-corrected chi connectivity index (χ3v) is 5.95. The van der Waals surface area contributed by atoms with Gasteiger partial charge in [0.25, 0.3) is 5.91 Å². The SMILES string of the molecule is COc1cc2nn([C@H]3CC[C@H](C=O)CC3)cc2cc1NC(=O)c1cccc(C(F)(F)F)c1F. The van der Waals surface area contributed by atoms with E-state index in [0.717, 1.165) is 44.1 Å². The Balaban J connectivity index is 1.62. The van der Waals surface area contributed by atoms with E-state index in [4.69, 9.17) is 4.74 Å². The molecule has 1 saturated carbocycles. The quantitative estimate of drug-likeness (QED) is 0.407. The second-order valence-electron chi connectivity index (χ2n) is 8.04. The molecule has 2 aromatic carbocycles. The van der Waals surface area contributed by atoms with Crippen LogP contribution in [0.25, 0.3) is 10.9 Å². The van der Waals surface area contributed by atoms with Crippen LogP contribution in [0, 0.1) is 11.7 Å². The summed E-state index contributed by atoms with van der Waals surface area (Å²) in [5, 5.41) is 7.70. The van der Waals surface area contributed by atoms with Crippen LogP contribution in [0.15, 0.2) is 36.5 Å². The number of amides is 1. The predicted molar refractivity (Wildman–Crippen MR) is 113 cm³/mol. The molecule has 174 valence electrons. The van der Waals surface area contributed by atoms with Crippen molar-refractivity contribution in [1.82, 2.24) is 9.78 Å². The van der Waals surface area contributed by atoms with Gasteiger partial charge >= 0.3 is 6.18 Å². The maximum atomic E-state index is 14.4. The number of halogens is 4. The van der Waals surface area contributed by atoms with Crippen molar-refractivity contribution in [1.29, 1.82) is 0 Å². The summed E-state index contributed by atoms with van der Waals surface area (Å²) in [5.41, 5.74) is -1.46. The number of fused-ring (bicyclic) bond motifs is 1. The topological polar surface area (TPSA) is 73.2 Å². The highest BCUT2D eigenvalue weighted by Crippen LogP contribution is 2.36. The first-order chi connectivity index (χ1) is 15.7. The monoisotopic (exact) mass is 463 g/mol. The summed E-state index contributed by atoms with van der Waals surface area (Å²) >= 11 is 0. The van der Waals surface area contributed by atoms with Gasteiger partial charge in [-0.25, -0.2) is 4.39 Å². The smallest absolute Gasteiger partial charge is 0.419 e. The number of anilines is 1. The lowest BCUT2D eigenvalue weighted by atomic mass is 9.87. The van der Waals surface area contributed by atoms with Crippen molar-refractivity contribution in [3.8, 4) is 5.75 Å². The van der Waals surface area contributed by atoms with Gasteiger partial charge in [0.05, 0.1) is 35.5 Å². The number of aldehydes is 1. The molecule has 0 unspecified atom stereocenters. The highest BCUT2D eigenvalue weighted by Gasteiger charge is 2.35. The Labute approximate surface area is 186 Å². The lowest BCUT2D eigenvalue weighted by molar-refractivity contribution is -0.140. The van der Waals surface area contributed by atoms with E-state index in [0.29, 0.717) is 17.0 Å². The molecule has 1 fully saturated rings. The van der Waals surface area contributed by atoms with Crippen LogP contribution in [-0.4, -0.2) is 29.1 Å². The van der Waals surface area contributed by atoms with Crippen molar-refractivity contribution >= 4 is 28.8 Å². The molecule has 0 bridgehead atoms. The summed E-state index contributed by atoms with van der Waals surface area (Å²) in [6, 6.07) is 5.86. The fourth-order valence-corrected chi connectivity index (χ4v) is 4.14. The van der Waals surface area contributed by atoms with Crippen LogP contribution in [0.4, 0.5) is 23.2 Å². The Morgan fingerprint density at radius 1 is 1.21 bits per heavy atom. The molecular weight excluding hydrogens is 442 g/mol. The van der Waals surface area contributed by atoms with Crippen molar-refractivity contribution in [3.63, 3.8) is 0 Å². The molecule has 3 aromatic rings. The Hall–Kier alpha value is -3.43. The van der Waals surface area contributed by atoms with Crippen molar-refractivity contribution in [2.75, 3.05) is 12.4 Å². The number of hydrogen-bond donors (Lipinski definition) is 1. The van der Waals surface area contributed by atoms with Gasteiger partial charge in [-0.05, 0) is 43.9 Å². The summed E-state index contributed by atoms with van der Waals surface area (Å²) in [5.74, 6) is -2.36. The van der Waals surface area contributed by atoms with E-state index in [1.165, 1.54) is 7.11 Å². The average Bonchev–Trinajstić information content (AvgIpc) is 3.20. The van der Waals surface area contributed by atoms with Gasteiger partial charge in [0.1, 0.15) is 17.9 Å². The Kier molecular flexibility index (Phi) is 6.09. The molecule has 1 heterocycles. The van der Waals surface area contributed by atoms with Crippen LogP contribution >= 0.6 is 0 Å². The minimum atomic E-state index is -4.92. The second-order valence-corrected chi connectivity index (χ2v) is 8.04. The molecule has 0 spiro atoms. The van der Waals surface area contributed by atoms with Crippen molar-refractivity contribution in [2.45, 2.75) is 37.9 Å². The Morgan fingerprint density at radius 3 is 2.58 bits per heavy atom. The zero-order valence-electron chi connectivity index (χ0n) is 17.7. The number of rotatable bonds is 5. The van der Waals surface area contributed by atoms with Gasteiger partial charge in [0.2, 0.25) is 0 Å². The van der Waals surface area contributed by atoms with Crippen LogP contribution < -0.4 is 10.1 Å². The van der Waals surface area contributed by atoms with Crippen molar-refractivity contribution in [2.24, 2.45) is 5.92 Å². The number of nitrogens with one attached hydrogen (secondary N) is 1. The highest BCUT2D eigenvalue weighted by atomic mass is 19.4. The number of nitrogens with zero attached hydrogens (tertiary/aromatic N) is 2. The second kappa shape index (κ2) is 8.84. The minimum absolute atomic E-state index is 0.0735. The summed E-state index contributed by atoms with van der Waals surface area (Å²) in [7, 11) is 1.37. The zero-order chi connectivity index (χ0) is 23.8. The van der Waals surface area contributed by atoms with Gasteiger partial charge in [0.15, 0.2) is 0 Å². The molecule has 1 aliphatic rings. The Morgan fingerprint density at radius 2 is 1.94 bits per heavy atom. The first kappa shape index (κ1) is 22.8. The number of carbonyl (C=O) groups excluding carboxylic acids is 2. The molecular formula is C23H21F4N3O3. The lowest BCUT2D eigenvalue weighted by Crippen LogP contribution is -2.19. The minimum Gasteiger partial charge on any atom is -0.494 e. The number of methoxy groups -OCH3 is 1. The number of carbonyl (C=O) groups is 2. The molecule has 0 aliphatic heterocycles. The van der Waals surface area contributed by atoms with E-state index in [1.54, 1.807) is 18.3 Å². The number of alkyl halides is 3. The number of benzene rings is 2. The molecule has 4 rings (SSSR count). The summed E-state index contributed by atoms with van der Waals surface area (Å²) < 4.78 is 60.5. The number of ether oxygens (including phenoxy) is 1. The van der Waals surface area contributed by atoms with E-state index < -0.39 is 29.0 Å². The molecule has 1 aromatic heterocycles. The lowest BCUT2D eigenvalue weighted by Gasteiger charge is -2.25. The normalized spacial score (nSPS) is 18.8. The van der Waals surface area contributed by atoms with Gasteiger partial charge in [-0.15, -0.1) is 0 Å². The van der Waals surface area contributed by atoms with Gasteiger partial charge in [-0.3, -0.25) is 9.48 Å². The van der Waals surface area contributed by atoms with E-state index >= 15 is 0 Å². The van der Waals surface area contributed by atoms with Crippen LogP contribution in [0.1, 0.15) is 47.6 Å². The average molecular weight is 463 g/mol. The van der Waals surface area contributed by atoms with Crippen LogP contribution in [0.3, 0.4) is 0 Å². The first-order valence-electron chi connectivity index (χ1n) is 10.4. The predicted octanol–water partition coefficient (Wildman–Crippen LogP) is 5.39. The fraction of sp³-hybridized carbons (Fsp3) is 0.348. The first-order valence-corrected chi connectivity index (χ1v) is 10.4. The van der Waals surface area contributed by atoms with Gasteiger partial charge in [0, 0.05) is 23.6 Å². The van der Waals surface area contributed by atoms with E-state index in [9.17, 15) is 27.2 Å². The summed E-state index contributed by atoms with van der Waals surface area (Å²) in [6.45, 7) is 0. The molecule has 0 radical (unpaired) electrons. The zero-order valence-corrected chi connectivity index (χ0v) is 17.7. The molecule has 1 aliphatic carbocycles. The summed E-state index contributed by atoms with van der Waals surface area (Å²) in [6.07, 6.45) is 1.08. The molecule has 6 nitrogen and oxygen atoms in total. The molecule has 1 N–H and O–H groups in total. The number of hydrogen-bond acceptors (Lipinski definition) is 4. The molecule has 1 amide bonds. The molecule has 33 heavy (non-hydrogen) atoms. The highest BCUT2D eigenvalue weighted by molar-refractivity contribution is 6.06. The van der Waals surface area contributed by atoms with Crippen molar-refractivity contribution in [3.05, 3.63) is 53.5 Å². The third-order valence-electron chi connectivity index (χ3n) is 5.95. The Bertz CT molecular complexity index is 1200. The largest absolute Gasteiger partial charge is 0.494 e. The maximum Gasteiger partial charge on any atom is 0.419 e. The van der Waals surface area contributed by atoms with Crippen LogP contribution in [0.2, 0.25) is 0 Å². The maximum absolute atomic E-state index is 14.4. The third kappa shape index (κ3) is 4.55. The van der Waals surface area contributed by atoms with Gasteiger partial charge in [-0.2, -0.15) is 18.3 Å². The molecule has 10 heteroatoms. The van der Waals surface area contributed by atoms with Crippen LogP contribution in [0.5, 0.6) is 5.75 Å². The van der Waals surface area contributed by atoms with E-state index in [2.05, 4.69) is 10.4 Å². The number of aromatic nitrogens is 2. The van der Waals surface area contributed by atoms with Crippen molar-refractivity contribution < 1.29 is 31.9 Å². The fourth-order valence-electron chi connectivity index (χ4n) is 4.14. The van der Waals surface area contributed by atoms with E-state index in [1.807, 2.05) is 4.68 Å². The standard InChI is InChI=1S/C23H21F4N3O3/c1-33-20-10-18-14(11-30(29-18)15-7-5-13(12-31)6-8-15)9-19(20)28-22(32)16-3-2-4-17(21(16)24)23(25,26)27/h2-4,9-13,15H,5-8H2,1H3,(H,28,32)/t13-,15-. The molecule has 0 saturated heterocycles. The molecule has 0 atom stereocenters. The van der Waals surface area contributed by atoms with E-state index in [-0.39, 0.29) is 23.4 Å². The summed E-state index contributed by atoms with van der Waals surface area (Å²) in [4.78, 5) is 23.6. The van der Waals surface area contributed by atoms with Gasteiger partial charge < -0.3 is 14.8 Å². The van der Waals surface area contributed by atoms with Gasteiger partial charge in [-0.1, -0.05) is 6.07 Å².